The average Bonchev–Trinajstić information content (AvgIpc) is 2.95. The van der Waals surface area contributed by atoms with Crippen molar-refractivity contribution in [3.8, 4) is 0 Å². The van der Waals surface area contributed by atoms with Crippen molar-refractivity contribution >= 4 is 17.5 Å². The van der Waals surface area contributed by atoms with Crippen LogP contribution in [0.3, 0.4) is 0 Å². The summed E-state index contributed by atoms with van der Waals surface area (Å²) in [6.07, 6.45) is 0.106. The molecule has 1 aliphatic heterocycles. The maximum absolute atomic E-state index is 13.0. The lowest BCUT2D eigenvalue weighted by Gasteiger charge is -2.36. The van der Waals surface area contributed by atoms with Gasteiger partial charge >= 0.3 is 6.18 Å². The van der Waals surface area contributed by atoms with Gasteiger partial charge in [0.05, 0.1) is 5.56 Å². The number of alkyl halides is 3. The highest BCUT2D eigenvalue weighted by Crippen LogP contribution is 2.32. The molecule has 0 unspecified atom stereocenters. The normalized spacial score (nSPS) is 14.3. The molecule has 42 heavy (non-hydrogen) atoms. The minimum Gasteiger partial charge on any atom is -0.369 e. The number of hydrogen-bond donors (Lipinski definition) is 1. The van der Waals surface area contributed by atoms with Gasteiger partial charge in [0.1, 0.15) is 0 Å². The Bertz CT molecular complexity index is 1160. The first-order valence-corrected chi connectivity index (χ1v) is 14.8. The van der Waals surface area contributed by atoms with Crippen molar-refractivity contribution in [1.29, 1.82) is 0 Å². The molecule has 0 aliphatic carbocycles. The highest BCUT2D eigenvalue weighted by Gasteiger charge is 2.31. The fourth-order valence-electron chi connectivity index (χ4n) is 5.12. The van der Waals surface area contributed by atoms with Gasteiger partial charge in [-0.15, -0.1) is 0 Å². The lowest BCUT2D eigenvalue weighted by Crippen LogP contribution is -2.46. The van der Waals surface area contributed by atoms with Gasteiger partial charge in [-0.3, -0.25) is 14.5 Å². The summed E-state index contributed by atoms with van der Waals surface area (Å²) in [6, 6.07) is 11.2. The van der Waals surface area contributed by atoms with Crippen molar-refractivity contribution in [3.63, 3.8) is 0 Å². The van der Waals surface area contributed by atoms with Crippen LogP contribution in [0.2, 0.25) is 0 Å². The van der Waals surface area contributed by atoms with Crippen LogP contribution < -0.4 is 10.2 Å². The van der Waals surface area contributed by atoms with Gasteiger partial charge in [0.2, 0.25) is 5.91 Å². The second-order valence-electron chi connectivity index (χ2n) is 11.5. The van der Waals surface area contributed by atoms with E-state index in [0.29, 0.717) is 43.9 Å². The number of hydrogen-bond acceptors (Lipinski definition) is 5. The molecule has 2 amide bonds. The molecule has 7 nitrogen and oxygen atoms in total. The summed E-state index contributed by atoms with van der Waals surface area (Å²) < 4.78 is 39.1. The molecule has 10 heteroatoms. The summed E-state index contributed by atoms with van der Waals surface area (Å²) in [6.45, 7) is 7.92. The van der Waals surface area contributed by atoms with Crippen LogP contribution in [0.15, 0.2) is 42.5 Å². The maximum Gasteiger partial charge on any atom is 0.416 e. The Labute approximate surface area is 248 Å². The molecule has 0 aromatic heterocycles. The van der Waals surface area contributed by atoms with Crippen LogP contribution >= 0.6 is 0 Å². The third kappa shape index (κ3) is 10.6. The Kier molecular flexibility index (Phi) is 12.7. The number of nitrogens with zero attached hydrogens (tertiary/aromatic N) is 4. The number of nitrogens with one attached hydrogen (secondary N) is 1. The number of anilines is 1. The molecule has 3 rings (SSSR count). The lowest BCUT2D eigenvalue weighted by atomic mass is 10.0. The van der Waals surface area contributed by atoms with Gasteiger partial charge in [-0.1, -0.05) is 25.0 Å². The van der Waals surface area contributed by atoms with Crippen LogP contribution in [-0.4, -0.2) is 93.5 Å². The summed E-state index contributed by atoms with van der Waals surface area (Å²) in [5.41, 5.74) is 2.68. The highest BCUT2D eigenvalue weighted by molar-refractivity contribution is 5.94. The Morgan fingerprint density at radius 3 is 2.31 bits per heavy atom. The molecule has 1 heterocycles. The zero-order valence-electron chi connectivity index (χ0n) is 25.5. The van der Waals surface area contributed by atoms with E-state index in [1.54, 1.807) is 11.0 Å². The van der Waals surface area contributed by atoms with Crippen molar-refractivity contribution in [2.75, 3.05) is 71.9 Å². The highest BCUT2D eigenvalue weighted by atomic mass is 19.4. The van der Waals surface area contributed by atoms with Crippen molar-refractivity contribution in [3.05, 3.63) is 64.7 Å². The van der Waals surface area contributed by atoms with Crippen LogP contribution in [0.1, 0.15) is 59.2 Å². The van der Waals surface area contributed by atoms with Crippen molar-refractivity contribution < 1.29 is 22.8 Å². The number of unbranched alkanes of at least 4 members (excludes halogenated alkanes) is 3. The molecule has 2 aromatic carbocycles. The van der Waals surface area contributed by atoms with E-state index in [9.17, 15) is 22.8 Å². The number of piperazine rings is 1. The van der Waals surface area contributed by atoms with Crippen LogP contribution in [0.25, 0.3) is 0 Å². The first-order chi connectivity index (χ1) is 19.9. The van der Waals surface area contributed by atoms with Gasteiger partial charge < -0.3 is 20.0 Å². The number of aryl methyl sites for hydroxylation is 1. The smallest absolute Gasteiger partial charge is 0.369 e. The minimum absolute atomic E-state index is 0.0895. The summed E-state index contributed by atoms with van der Waals surface area (Å²) in [4.78, 5) is 33.2. The summed E-state index contributed by atoms with van der Waals surface area (Å²) in [7, 11) is 5.75. The zero-order valence-corrected chi connectivity index (χ0v) is 25.5. The number of likely N-dealkylation sites (N-methyl/N-ethyl adjacent to an activating group) is 1. The van der Waals surface area contributed by atoms with Gasteiger partial charge in [0, 0.05) is 70.5 Å². The van der Waals surface area contributed by atoms with Gasteiger partial charge in [0.15, 0.2) is 0 Å². The maximum atomic E-state index is 13.0. The molecule has 0 bridgehead atoms. The second kappa shape index (κ2) is 15.9. The van der Waals surface area contributed by atoms with Gasteiger partial charge in [-0.05, 0) is 81.9 Å². The summed E-state index contributed by atoms with van der Waals surface area (Å²) >= 11 is 0. The molecular weight excluding hydrogens is 543 g/mol. The van der Waals surface area contributed by atoms with E-state index in [1.165, 1.54) is 12.1 Å². The van der Waals surface area contributed by atoms with E-state index in [-0.39, 0.29) is 11.8 Å². The molecule has 2 aromatic rings. The van der Waals surface area contributed by atoms with E-state index < -0.39 is 11.7 Å². The summed E-state index contributed by atoms with van der Waals surface area (Å²) in [5.74, 6) is 0.0268. The SMILES string of the molecule is Cc1cc(C(=O)NCCN(C)C)ccc1CN(C)C(=O)CCCCCCN1CCN(c2cccc(C(F)(F)F)c2)CC1. The molecule has 1 aliphatic rings. The van der Waals surface area contributed by atoms with Crippen LogP contribution in [0.4, 0.5) is 18.9 Å². The van der Waals surface area contributed by atoms with Crippen molar-refractivity contribution in [1.82, 2.24) is 20.0 Å². The van der Waals surface area contributed by atoms with Gasteiger partial charge in [-0.25, -0.2) is 0 Å². The van der Waals surface area contributed by atoms with Crippen molar-refractivity contribution in [2.45, 2.75) is 51.7 Å². The van der Waals surface area contributed by atoms with Crippen LogP contribution in [-0.2, 0) is 17.5 Å². The third-order valence-electron chi connectivity index (χ3n) is 7.81. The molecule has 0 radical (unpaired) electrons. The number of carbonyl (C=O) groups excluding carboxylic acids is 2. The predicted octanol–water partition coefficient (Wildman–Crippen LogP) is 5.04. The first-order valence-electron chi connectivity index (χ1n) is 14.8. The van der Waals surface area contributed by atoms with Gasteiger partial charge in [0.25, 0.3) is 5.91 Å². The fourth-order valence-corrected chi connectivity index (χ4v) is 5.12. The Balaban J connectivity index is 1.29. The molecular formula is C32H46F3N5O2. The number of halogens is 3. The third-order valence-corrected chi connectivity index (χ3v) is 7.81. The Morgan fingerprint density at radius 1 is 0.929 bits per heavy atom. The quantitative estimate of drug-likeness (QED) is 0.313. The second-order valence-corrected chi connectivity index (χ2v) is 11.5. The van der Waals surface area contributed by atoms with Crippen molar-refractivity contribution in [2.24, 2.45) is 0 Å². The van der Waals surface area contributed by atoms with E-state index in [0.717, 1.165) is 69.1 Å². The Morgan fingerprint density at radius 2 is 1.64 bits per heavy atom. The summed E-state index contributed by atoms with van der Waals surface area (Å²) in [5, 5.41) is 2.92. The molecule has 232 valence electrons. The molecule has 0 atom stereocenters. The lowest BCUT2D eigenvalue weighted by molar-refractivity contribution is -0.137. The van der Waals surface area contributed by atoms with E-state index in [2.05, 4.69) is 10.2 Å². The molecule has 1 saturated heterocycles. The topological polar surface area (TPSA) is 59.1 Å². The molecule has 0 saturated carbocycles. The van der Waals surface area contributed by atoms with Crippen LogP contribution in [0, 0.1) is 6.92 Å². The van der Waals surface area contributed by atoms with E-state index in [1.807, 2.05) is 56.1 Å². The number of amides is 2. The number of benzene rings is 2. The van der Waals surface area contributed by atoms with Gasteiger partial charge in [-0.2, -0.15) is 13.2 Å². The molecule has 1 N–H and O–H groups in total. The fraction of sp³-hybridized carbons (Fsp3) is 0.562. The largest absolute Gasteiger partial charge is 0.416 e. The molecule has 0 spiro atoms. The zero-order chi connectivity index (χ0) is 30.7. The number of carbonyl (C=O) groups is 2. The number of rotatable bonds is 14. The monoisotopic (exact) mass is 589 g/mol. The minimum atomic E-state index is -4.32. The first kappa shape index (κ1) is 33.4. The molecule has 1 fully saturated rings. The predicted molar refractivity (Wildman–Crippen MR) is 162 cm³/mol. The van der Waals surface area contributed by atoms with E-state index >= 15 is 0 Å². The van der Waals surface area contributed by atoms with E-state index in [4.69, 9.17) is 0 Å². The Hall–Kier alpha value is -3.11. The van der Waals surface area contributed by atoms with Crippen LogP contribution in [0.5, 0.6) is 0 Å². The average molecular weight is 590 g/mol. The standard InChI is InChI=1S/C32H46F3N5O2/c1-25-22-26(31(42)36-15-17-37(2)3)13-14-27(25)24-38(4)30(41)12-7-5-6-8-16-39-18-20-40(21-19-39)29-11-9-10-28(23-29)32(33,34)35/h9-11,13-14,22-23H,5-8,12,15-21,24H2,1-4H3,(H,36,42).